The first-order valence-corrected chi connectivity index (χ1v) is 22.6. The molecule has 8 rings (SSSR count). The van der Waals surface area contributed by atoms with Crippen LogP contribution >= 0.6 is 0 Å². The molecule has 1 aromatic heterocycles. The number of aryl methyl sites for hydroxylation is 1. The topological polar surface area (TPSA) is 200 Å². The molecule has 1 unspecified atom stereocenters. The lowest BCUT2D eigenvalue weighted by Crippen LogP contribution is -2.51. The van der Waals surface area contributed by atoms with Crippen molar-refractivity contribution in [3.63, 3.8) is 0 Å². The van der Waals surface area contributed by atoms with Crippen molar-refractivity contribution >= 4 is 40.1 Å². The summed E-state index contributed by atoms with van der Waals surface area (Å²) in [7, 11) is 1.00. The number of urea groups is 1. The number of carbonyl (C=O) groups excluding carboxylic acids is 3. The number of halogens is 1. The summed E-state index contributed by atoms with van der Waals surface area (Å²) in [5.74, 6) is 0.0995. The van der Waals surface area contributed by atoms with Crippen molar-refractivity contribution in [2.45, 2.75) is 83.3 Å². The number of para-hydroxylation sites is 1. The number of phenols is 1. The highest BCUT2D eigenvalue weighted by Gasteiger charge is 2.39. The minimum atomic E-state index is -1.35. The van der Waals surface area contributed by atoms with Crippen LogP contribution in [0.25, 0.3) is 16.6 Å². The van der Waals surface area contributed by atoms with E-state index in [0.717, 1.165) is 80.1 Å². The van der Waals surface area contributed by atoms with Crippen LogP contribution in [0.15, 0.2) is 90.5 Å². The summed E-state index contributed by atoms with van der Waals surface area (Å²) in [4.78, 5) is 45.5. The molecule has 344 valence electrons. The molecular weight excluding hydrogens is 814 g/mol. The minimum absolute atomic E-state index is 0.0729. The summed E-state index contributed by atoms with van der Waals surface area (Å²) in [5.41, 5.74) is 23.5. The van der Waals surface area contributed by atoms with Crippen LogP contribution in [0.1, 0.15) is 97.8 Å². The van der Waals surface area contributed by atoms with Crippen LogP contribution in [0.3, 0.4) is 0 Å². The monoisotopic (exact) mass is 880 g/mol. The fourth-order valence-corrected chi connectivity index (χ4v) is 9.57. The Kier molecular flexibility index (Phi) is 15.6. The van der Waals surface area contributed by atoms with Gasteiger partial charge in [-0.25, -0.2) is 9.18 Å². The molecule has 1 atom stereocenters. The van der Waals surface area contributed by atoms with Crippen LogP contribution in [0.4, 0.5) is 14.9 Å². The Labute approximate surface area is 376 Å². The number of anilines is 1. The number of aliphatic hydroxyl groups excluding tert-OH is 1. The van der Waals surface area contributed by atoms with Gasteiger partial charge in [-0.2, -0.15) is 0 Å². The number of nitrogens with zero attached hydrogens (tertiary/aromatic N) is 5. The van der Waals surface area contributed by atoms with Crippen LogP contribution in [-0.4, -0.2) is 112 Å². The second-order valence-corrected chi connectivity index (χ2v) is 17.0. The van der Waals surface area contributed by atoms with Crippen LogP contribution in [-0.2, 0) is 4.79 Å². The van der Waals surface area contributed by atoms with Gasteiger partial charge >= 0.3 is 6.03 Å². The number of fused-ring (bicyclic) bond motifs is 1. The second-order valence-electron chi connectivity index (χ2n) is 17.0. The molecule has 3 aromatic carbocycles. The van der Waals surface area contributed by atoms with Crippen LogP contribution in [0.5, 0.6) is 5.75 Å². The number of aliphatic hydroxyl groups is 1. The number of carbonyl (C=O) groups is 3. The van der Waals surface area contributed by atoms with Gasteiger partial charge in [0.25, 0.3) is 5.91 Å². The smallest absolute Gasteiger partial charge is 0.328 e. The molecule has 5 heterocycles. The third kappa shape index (κ3) is 10.6. The molecule has 0 spiro atoms. The maximum atomic E-state index is 16.4. The fraction of sp³-hybridized carbons (Fsp3) is 0.449. The molecule has 14 nitrogen and oxygen atoms in total. The predicted octanol–water partition coefficient (Wildman–Crippen LogP) is 6.28. The molecule has 4 aliphatic heterocycles. The summed E-state index contributed by atoms with van der Waals surface area (Å²) >= 11 is 0. The number of allylic oxidation sites excluding steroid dienone is 1. The molecule has 9 N–H and O–H groups in total. The number of hydrogen-bond acceptors (Lipinski definition) is 10. The van der Waals surface area contributed by atoms with Gasteiger partial charge in [-0.15, -0.1) is 0 Å². The van der Waals surface area contributed by atoms with Crippen LogP contribution in [0.2, 0.25) is 0 Å². The number of benzene rings is 3. The summed E-state index contributed by atoms with van der Waals surface area (Å²) < 4.78 is 18.7. The molecule has 4 aromatic rings. The van der Waals surface area contributed by atoms with Crippen molar-refractivity contribution in [1.82, 2.24) is 24.6 Å². The molecule has 4 saturated heterocycles. The number of amides is 4. The van der Waals surface area contributed by atoms with Gasteiger partial charge in [-0.3, -0.25) is 19.8 Å². The van der Waals surface area contributed by atoms with Gasteiger partial charge < -0.3 is 46.7 Å². The number of piperidine rings is 3. The van der Waals surface area contributed by atoms with E-state index in [1.165, 1.54) is 0 Å². The predicted molar refractivity (Wildman–Crippen MR) is 251 cm³/mol. The van der Waals surface area contributed by atoms with Gasteiger partial charge in [-0.1, -0.05) is 38.1 Å². The summed E-state index contributed by atoms with van der Waals surface area (Å²) in [5, 5.41) is 20.8. The number of aromatic hydroxyl groups is 1. The number of rotatable bonds is 9. The van der Waals surface area contributed by atoms with E-state index >= 15 is 4.39 Å². The first-order chi connectivity index (χ1) is 30.9. The van der Waals surface area contributed by atoms with E-state index in [0.29, 0.717) is 68.1 Å². The van der Waals surface area contributed by atoms with E-state index in [-0.39, 0.29) is 47.8 Å². The van der Waals surface area contributed by atoms with Crippen molar-refractivity contribution in [3.05, 3.63) is 113 Å². The van der Waals surface area contributed by atoms with Crippen molar-refractivity contribution in [1.29, 1.82) is 0 Å². The Morgan fingerprint density at radius 1 is 0.891 bits per heavy atom. The standard InChI is InChI=1S/C46H56FN9O4.C2H6.CH4O/c1-30-27-56(39-13-12-35(25-37(30)39)55-22-16-42(58)51-45(55)60)34-14-20-52(21-15-34)29-46(47)17-23-53(24-18-46)44(59)32-10-8-31(9-11-32)33-5-4-19-54(28-33)40(43(49)50)26-38(48)36-6-2-3-7-41(36)57;2*1-2/h2-3,6-13,25-27,33-34,57H,4-5,14-24,28-29,48-50H2,1H3,(H,51,58,60);1-2H3;2H,1H3/b38-26-;;. The van der Waals surface area contributed by atoms with Gasteiger partial charge in [0.2, 0.25) is 5.91 Å². The Bertz CT molecular complexity index is 2320. The fourth-order valence-electron chi connectivity index (χ4n) is 9.57. The maximum absolute atomic E-state index is 16.4. The van der Waals surface area contributed by atoms with E-state index in [1.807, 2.05) is 50.2 Å². The third-order valence-electron chi connectivity index (χ3n) is 13.0. The molecule has 0 aliphatic carbocycles. The highest BCUT2D eigenvalue weighted by atomic mass is 19.1. The van der Waals surface area contributed by atoms with Gasteiger partial charge in [0.15, 0.2) is 0 Å². The lowest BCUT2D eigenvalue weighted by molar-refractivity contribution is -0.120. The minimum Gasteiger partial charge on any atom is -0.507 e. The lowest BCUT2D eigenvalue weighted by atomic mass is 9.89. The van der Waals surface area contributed by atoms with Gasteiger partial charge in [0.05, 0.1) is 5.70 Å². The number of imide groups is 1. The third-order valence-corrected chi connectivity index (χ3v) is 13.0. The van der Waals surface area contributed by atoms with Crippen LogP contribution in [0, 0.1) is 6.92 Å². The number of phenolic OH excluding ortho intramolecular Hbond substituents is 1. The first-order valence-electron chi connectivity index (χ1n) is 22.6. The zero-order chi connectivity index (χ0) is 46.1. The van der Waals surface area contributed by atoms with E-state index < -0.39 is 5.67 Å². The second kappa shape index (κ2) is 21.1. The number of likely N-dealkylation sites (tertiary alicyclic amines) is 3. The molecule has 0 bridgehead atoms. The Balaban J connectivity index is 0.00000165. The number of hydrogen-bond donors (Lipinski definition) is 6. The Morgan fingerprint density at radius 2 is 1.58 bits per heavy atom. The lowest BCUT2D eigenvalue weighted by Gasteiger charge is -2.41. The number of nitrogens with two attached hydrogens (primary N) is 3. The van der Waals surface area contributed by atoms with E-state index in [4.69, 9.17) is 22.3 Å². The Morgan fingerprint density at radius 3 is 2.23 bits per heavy atom. The van der Waals surface area contributed by atoms with Gasteiger partial charge in [-0.05, 0) is 92.3 Å². The van der Waals surface area contributed by atoms with Crippen LogP contribution < -0.4 is 27.4 Å². The average Bonchev–Trinajstić information content (AvgIpc) is 3.64. The van der Waals surface area contributed by atoms with E-state index in [9.17, 15) is 19.5 Å². The van der Waals surface area contributed by atoms with Crippen molar-refractivity contribution in [3.8, 4) is 5.75 Å². The molecule has 0 saturated carbocycles. The number of aromatic nitrogens is 1. The molecule has 0 radical (unpaired) electrons. The SMILES string of the molecule is CC.CO.Cc1cn(C2CCN(CC3(F)CCN(C(=O)c4ccc(C5CCCN(C(/C=C(\N)c6ccccc6O)=C(N)N)C5)cc4)CC3)CC2)c2ccc(N3CCC(=O)NC3=O)cc12. The summed E-state index contributed by atoms with van der Waals surface area (Å²) in [6, 6.07) is 20.6. The Hall–Kier alpha value is -6.06. The van der Waals surface area contributed by atoms with E-state index in [1.54, 1.807) is 40.1 Å². The summed E-state index contributed by atoms with van der Waals surface area (Å²) in [6.07, 6.45) is 8.50. The van der Waals surface area contributed by atoms with Crippen molar-refractivity contribution in [2.24, 2.45) is 17.2 Å². The van der Waals surface area contributed by atoms with E-state index in [2.05, 4.69) is 38.9 Å². The zero-order valence-electron chi connectivity index (χ0n) is 37.7. The van der Waals surface area contributed by atoms with Gasteiger partial charge in [0.1, 0.15) is 17.2 Å². The molecule has 4 amide bonds. The number of alkyl halides is 1. The zero-order valence-corrected chi connectivity index (χ0v) is 37.7. The average molecular weight is 880 g/mol. The first kappa shape index (κ1) is 47.4. The molecule has 15 heteroatoms. The quantitative estimate of drug-likeness (QED) is 0.104. The largest absolute Gasteiger partial charge is 0.507 e. The number of nitrogens with one attached hydrogen (secondary N) is 1. The molecule has 64 heavy (non-hydrogen) atoms. The van der Waals surface area contributed by atoms with Crippen molar-refractivity contribution < 1.29 is 29.0 Å². The molecule has 4 fully saturated rings. The van der Waals surface area contributed by atoms with Crippen molar-refractivity contribution in [2.75, 3.05) is 64.4 Å². The summed E-state index contributed by atoms with van der Waals surface area (Å²) in [6.45, 7) is 10.6. The normalized spacial score (nSPS) is 19.6. The molecule has 4 aliphatic rings. The highest BCUT2D eigenvalue weighted by Crippen LogP contribution is 2.36. The highest BCUT2D eigenvalue weighted by molar-refractivity contribution is 6.06. The maximum Gasteiger partial charge on any atom is 0.328 e. The molecular formula is C49H66FN9O5. The van der Waals surface area contributed by atoms with Gasteiger partial charge in [0, 0.05) is 130 Å².